The van der Waals surface area contributed by atoms with Gasteiger partial charge in [-0.1, -0.05) is 19.3 Å². The van der Waals surface area contributed by atoms with Crippen molar-refractivity contribution in [1.29, 1.82) is 0 Å². The van der Waals surface area contributed by atoms with Crippen LogP contribution in [0.15, 0.2) is 30.7 Å². The summed E-state index contributed by atoms with van der Waals surface area (Å²) < 4.78 is 0. The van der Waals surface area contributed by atoms with Crippen molar-refractivity contribution in [1.82, 2.24) is 15.0 Å². The molecule has 0 amide bonds. The summed E-state index contributed by atoms with van der Waals surface area (Å²) in [4.78, 5) is 12.9. The molecule has 1 aliphatic carbocycles. The highest BCUT2D eigenvalue weighted by Crippen LogP contribution is 2.25. The third-order valence-electron chi connectivity index (χ3n) is 3.72. The largest absolute Gasteiger partial charge is 0.381 e. The summed E-state index contributed by atoms with van der Waals surface area (Å²) in [6.45, 7) is 0. The number of rotatable bonds is 3. The van der Waals surface area contributed by atoms with E-state index in [1.54, 1.807) is 18.6 Å². The van der Waals surface area contributed by atoms with Crippen molar-refractivity contribution >= 4 is 11.6 Å². The molecule has 1 fully saturated rings. The second-order valence-corrected chi connectivity index (χ2v) is 5.20. The van der Waals surface area contributed by atoms with Gasteiger partial charge in [-0.15, -0.1) is 0 Å². The predicted octanol–water partition coefficient (Wildman–Crippen LogP) is 2.87. The first kappa shape index (κ1) is 12.8. The molecule has 0 bridgehead atoms. The highest BCUT2D eigenvalue weighted by atomic mass is 15.1. The minimum absolute atomic E-state index is 0.466. The lowest BCUT2D eigenvalue weighted by molar-refractivity contribution is 0.462. The van der Waals surface area contributed by atoms with Gasteiger partial charge in [-0.05, 0) is 25.0 Å². The lowest BCUT2D eigenvalue weighted by Crippen LogP contribution is -2.23. The zero-order valence-corrected chi connectivity index (χ0v) is 11.4. The van der Waals surface area contributed by atoms with Crippen LogP contribution in [0.3, 0.4) is 0 Å². The quantitative estimate of drug-likeness (QED) is 0.896. The number of nitrogens with zero attached hydrogens (tertiary/aromatic N) is 3. The first-order chi connectivity index (χ1) is 9.83. The number of nitrogen functional groups attached to an aromatic ring is 1. The Hall–Kier alpha value is -2.17. The Morgan fingerprint density at radius 2 is 1.85 bits per heavy atom. The van der Waals surface area contributed by atoms with Gasteiger partial charge in [0.2, 0.25) is 0 Å². The summed E-state index contributed by atoms with van der Waals surface area (Å²) in [6.07, 6.45) is 11.4. The third-order valence-corrected chi connectivity index (χ3v) is 3.72. The molecule has 0 spiro atoms. The maximum Gasteiger partial charge on any atom is 0.169 e. The van der Waals surface area contributed by atoms with Crippen LogP contribution >= 0.6 is 0 Å². The molecule has 3 N–H and O–H groups in total. The maximum absolute atomic E-state index is 5.94. The molecule has 0 unspecified atom stereocenters. The summed E-state index contributed by atoms with van der Waals surface area (Å²) in [5.74, 6) is 1.17. The van der Waals surface area contributed by atoms with Gasteiger partial charge in [-0.2, -0.15) is 0 Å². The molecule has 0 aliphatic heterocycles. The molecule has 1 saturated carbocycles. The van der Waals surface area contributed by atoms with Crippen molar-refractivity contribution in [3.63, 3.8) is 0 Å². The Kier molecular flexibility index (Phi) is 3.76. The van der Waals surface area contributed by atoms with Crippen LogP contribution in [0.4, 0.5) is 11.6 Å². The average molecular weight is 269 g/mol. The first-order valence-corrected chi connectivity index (χ1v) is 7.12. The predicted molar refractivity (Wildman–Crippen MR) is 80.2 cm³/mol. The molecule has 5 nitrogen and oxygen atoms in total. The monoisotopic (exact) mass is 269 g/mol. The standard InChI is InChI=1S/C15H19N5/c16-14-15(19-12-4-2-1-3-5-12)20-13(10-18-14)11-6-8-17-9-7-11/h6-10,12H,1-5H2,(H2,16,18)(H,19,20). The van der Waals surface area contributed by atoms with Crippen molar-refractivity contribution in [3.8, 4) is 11.3 Å². The Bertz CT molecular complexity index is 564. The first-order valence-electron chi connectivity index (χ1n) is 7.12. The molecule has 0 radical (unpaired) electrons. The van der Waals surface area contributed by atoms with E-state index in [1.165, 1.54) is 32.1 Å². The Morgan fingerprint density at radius 1 is 1.10 bits per heavy atom. The van der Waals surface area contributed by atoms with Crippen molar-refractivity contribution in [2.75, 3.05) is 11.1 Å². The van der Waals surface area contributed by atoms with E-state index in [4.69, 9.17) is 5.73 Å². The van der Waals surface area contributed by atoms with Gasteiger partial charge in [0.15, 0.2) is 11.6 Å². The molecule has 1 aliphatic rings. The fourth-order valence-corrected chi connectivity index (χ4v) is 2.61. The SMILES string of the molecule is Nc1ncc(-c2ccncc2)nc1NC1CCCCC1. The summed E-state index contributed by atoms with van der Waals surface area (Å²) in [5, 5.41) is 3.45. The zero-order valence-electron chi connectivity index (χ0n) is 11.4. The molecule has 0 saturated heterocycles. The smallest absolute Gasteiger partial charge is 0.169 e. The van der Waals surface area contributed by atoms with Gasteiger partial charge in [0.1, 0.15) is 0 Å². The molecular weight excluding hydrogens is 250 g/mol. The number of hydrogen-bond donors (Lipinski definition) is 2. The maximum atomic E-state index is 5.94. The van der Waals surface area contributed by atoms with Crippen LogP contribution in [0.1, 0.15) is 32.1 Å². The fourth-order valence-electron chi connectivity index (χ4n) is 2.61. The number of aromatic nitrogens is 3. The van der Waals surface area contributed by atoms with Gasteiger partial charge in [0.05, 0.1) is 11.9 Å². The Morgan fingerprint density at radius 3 is 2.60 bits per heavy atom. The highest BCUT2D eigenvalue weighted by Gasteiger charge is 2.15. The second kappa shape index (κ2) is 5.86. The number of pyridine rings is 1. The van der Waals surface area contributed by atoms with Gasteiger partial charge < -0.3 is 11.1 Å². The van der Waals surface area contributed by atoms with Crippen LogP contribution in [0.5, 0.6) is 0 Å². The van der Waals surface area contributed by atoms with Crippen molar-refractivity contribution in [2.24, 2.45) is 0 Å². The van der Waals surface area contributed by atoms with Crippen molar-refractivity contribution in [2.45, 2.75) is 38.1 Å². The fraction of sp³-hybridized carbons (Fsp3) is 0.400. The van der Waals surface area contributed by atoms with E-state index in [0.717, 1.165) is 11.3 Å². The molecule has 0 aromatic carbocycles. The summed E-state index contributed by atoms with van der Waals surface area (Å²) in [6, 6.07) is 4.31. The van der Waals surface area contributed by atoms with E-state index in [1.807, 2.05) is 12.1 Å². The molecule has 0 atom stereocenters. The van der Waals surface area contributed by atoms with Gasteiger partial charge in [-0.25, -0.2) is 9.97 Å². The zero-order chi connectivity index (χ0) is 13.8. The van der Waals surface area contributed by atoms with Gasteiger partial charge in [0.25, 0.3) is 0 Å². The van der Waals surface area contributed by atoms with E-state index < -0.39 is 0 Å². The molecule has 2 aromatic heterocycles. The van der Waals surface area contributed by atoms with Crippen molar-refractivity contribution in [3.05, 3.63) is 30.7 Å². The van der Waals surface area contributed by atoms with Gasteiger partial charge in [0, 0.05) is 24.0 Å². The Balaban J connectivity index is 1.83. The average Bonchev–Trinajstić information content (AvgIpc) is 2.51. The normalized spacial score (nSPS) is 16.0. The molecule has 104 valence electrons. The lowest BCUT2D eigenvalue weighted by Gasteiger charge is -2.23. The van der Waals surface area contributed by atoms with E-state index >= 15 is 0 Å². The van der Waals surface area contributed by atoms with Crippen LogP contribution < -0.4 is 11.1 Å². The van der Waals surface area contributed by atoms with E-state index in [9.17, 15) is 0 Å². The summed E-state index contributed by atoms with van der Waals surface area (Å²) >= 11 is 0. The van der Waals surface area contributed by atoms with Crippen LogP contribution in [-0.2, 0) is 0 Å². The number of anilines is 2. The van der Waals surface area contributed by atoms with Crippen LogP contribution in [0, 0.1) is 0 Å². The van der Waals surface area contributed by atoms with Gasteiger partial charge >= 0.3 is 0 Å². The number of hydrogen-bond acceptors (Lipinski definition) is 5. The molecule has 2 heterocycles. The topological polar surface area (TPSA) is 76.7 Å². The molecule has 2 aromatic rings. The number of nitrogens with two attached hydrogens (primary N) is 1. The minimum atomic E-state index is 0.466. The van der Waals surface area contributed by atoms with Crippen LogP contribution in [-0.4, -0.2) is 21.0 Å². The highest BCUT2D eigenvalue weighted by molar-refractivity contribution is 5.65. The summed E-state index contributed by atoms with van der Waals surface area (Å²) in [5.41, 5.74) is 7.75. The minimum Gasteiger partial charge on any atom is -0.381 e. The van der Waals surface area contributed by atoms with E-state index in [2.05, 4.69) is 20.3 Å². The summed E-state index contributed by atoms with van der Waals surface area (Å²) in [7, 11) is 0. The molecular formula is C15H19N5. The van der Waals surface area contributed by atoms with E-state index in [-0.39, 0.29) is 0 Å². The van der Waals surface area contributed by atoms with E-state index in [0.29, 0.717) is 17.7 Å². The van der Waals surface area contributed by atoms with Crippen molar-refractivity contribution < 1.29 is 0 Å². The third kappa shape index (κ3) is 2.87. The lowest BCUT2D eigenvalue weighted by atomic mass is 9.95. The number of nitrogens with one attached hydrogen (secondary N) is 1. The molecule has 20 heavy (non-hydrogen) atoms. The van der Waals surface area contributed by atoms with Gasteiger partial charge in [-0.3, -0.25) is 4.98 Å². The molecule has 5 heteroatoms. The van der Waals surface area contributed by atoms with Crippen LogP contribution in [0.25, 0.3) is 11.3 Å². The Labute approximate surface area is 118 Å². The second-order valence-electron chi connectivity index (χ2n) is 5.20. The molecule has 3 rings (SSSR count). The van der Waals surface area contributed by atoms with Crippen LogP contribution in [0.2, 0.25) is 0 Å².